The van der Waals surface area contributed by atoms with Crippen molar-refractivity contribution in [2.75, 3.05) is 10.6 Å². The number of amides is 2. The molecule has 0 atom stereocenters. The number of rotatable bonds is 4. The Morgan fingerprint density at radius 1 is 0.964 bits per heavy atom. The molecule has 2 amide bonds. The molecular formula is C18H16BrClN4O2S2. The van der Waals surface area contributed by atoms with E-state index in [4.69, 9.17) is 36.0 Å². The second-order valence-electron chi connectivity index (χ2n) is 5.47. The van der Waals surface area contributed by atoms with E-state index in [0.29, 0.717) is 28.4 Å². The highest BCUT2D eigenvalue weighted by atomic mass is 79.9. The van der Waals surface area contributed by atoms with Crippen molar-refractivity contribution >= 4 is 85.4 Å². The van der Waals surface area contributed by atoms with Crippen LogP contribution in [0.3, 0.4) is 0 Å². The van der Waals surface area contributed by atoms with Crippen LogP contribution in [0.25, 0.3) is 0 Å². The molecule has 0 aromatic heterocycles. The largest absolute Gasteiger partial charge is 0.332 e. The highest BCUT2D eigenvalue weighted by Crippen LogP contribution is 2.21. The Hall–Kier alpha value is -2.07. The van der Waals surface area contributed by atoms with E-state index in [0.717, 1.165) is 4.47 Å². The minimum absolute atomic E-state index is 0.132. The van der Waals surface area contributed by atoms with Gasteiger partial charge in [0.2, 0.25) is 5.91 Å². The van der Waals surface area contributed by atoms with Gasteiger partial charge in [0, 0.05) is 22.3 Å². The number of halogens is 2. The van der Waals surface area contributed by atoms with Gasteiger partial charge in [0.15, 0.2) is 10.2 Å². The fourth-order valence-corrected chi connectivity index (χ4v) is 3.03. The molecule has 0 radical (unpaired) electrons. The third-order valence-electron chi connectivity index (χ3n) is 3.37. The summed E-state index contributed by atoms with van der Waals surface area (Å²) in [4.78, 5) is 23.6. The summed E-state index contributed by atoms with van der Waals surface area (Å²) in [6, 6.07) is 12.0. The minimum atomic E-state index is -0.417. The predicted octanol–water partition coefficient (Wildman–Crippen LogP) is 4.45. The average Bonchev–Trinajstić information content (AvgIpc) is 2.64. The maximum Gasteiger partial charge on any atom is 0.258 e. The summed E-state index contributed by atoms with van der Waals surface area (Å²) in [6.07, 6.45) is 0.346. The van der Waals surface area contributed by atoms with Crippen LogP contribution in [0.1, 0.15) is 23.7 Å². The van der Waals surface area contributed by atoms with Crippen LogP contribution < -0.4 is 21.3 Å². The van der Waals surface area contributed by atoms with E-state index in [1.165, 1.54) is 0 Å². The molecular weight excluding hydrogens is 484 g/mol. The Bertz CT molecular complexity index is 922. The molecule has 0 aliphatic rings. The topological polar surface area (TPSA) is 82.3 Å². The van der Waals surface area contributed by atoms with Gasteiger partial charge in [-0.25, -0.2) is 0 Å². The Morgan fingerprint density at radius 3 is 2.04 bits per heavy atom. The zero-order chi connectivity index (χ0) is 20.7. The van der Waals surface area contributed by atoms with Crippen LogP contribution in [0.2, 0.25) is 5.02 Å². The summed E-state index contributed by atoms with van der Waals surface area (Å²) in [7, 11) is 0. The molecule has 2 aromatic rings. The molecule has 2 aromatic carbocycles. The molecule has 0 unspecified atom stereocenters. The van der Waals surface area contributed by atoms with Crippen molar-refractivity contribution < 1.29 is 9.59 Å². The molecule has 0 heterocycles. The maximum absolute atomic E-state index is 12.3. The van der Waals surface area contributed by atoms with Crippen molar-refractivity contribution in [2.24, 2.45) is 0 Å². The van der Waals surface area contributed by atoms with Crippen LogP contribution in [0.15, 0.2) is 46.9 Å². The number of hydrogen-bond donors (Lipinski definition) is 4. The lowest BCUT2D eigenvalue weighted by molar-refractivity contribution is -0.119. The molecule has 0 saturated carbocycles. The number of benzene rings is 2. The first-order valence-electron chi connectivity index (χ1n) is 8.06. The Balaban J connectivity index is 1.92. The molecule has 0 aliphatic carbocycles. The number of anilines is 2. The van der Waals surface area contributed by atoms with Crippen molar-refractivity contribution in [3.05, 3.63) is 57.5 Å². The van der Waals surface area contributed by atoms with E-state index in [2.05, 4.69) is 37.2 Å². The van der Waals surface area contributed by atoms with Crippen LogP contribution in [0.5, 0.6) is 0 Å². The SMILES string of the molecule is CCC(=O)NC(=S)Nc1ccc(NC(=S)NC(=O)c2cc(Br)ccc2Cl)cc1. The molecule has 28 heavy (non-hydrogen) atoms. The van der Waals surface area contributed by atoms with Gasteiger partial charge in [0.1, 0.15) is 0 Å². The smallest absolute Gasteiger partial charge is 0.258 e. The normalized spacial score (nSPS) is 9.96. The first-order chi connectivity index (χ1) is 13.3. The molecule has 2 rings (SSSR count). The number of thiocarbonyl (C=S) groups is 2. The van der Waals surface area contributed by atoms with Crippen molar-refractivity contribution in [3.63, 3.8) is 0 Å². The summed E-state index contributed by atoms with van der Waals surface area (Å²) >= 11 is 19.6. The summed E-state index contributed by atoms with van der Waals surface area (Å²) < 4.78 is 0.733. The average molecular weight is 500 g/mol. The number of carbonyl (C=O) groups is 2. The molecule has 0 spiro atoms. The van der Waals surface area contributed by atoms with E-state index in [1.807, 2.05) is 0 Å². The highest BCUT2D eigenvalue weighted by molar-refractivity contribution is 9.10. The maximum atomic E-state index is 12.3. The Kier molecular flexibility index (Phi) is 8.31. The van der Waals surface area contributed by atoms with Crippen LogP contribution in [0, 0.1) is 0 Å². The zero-order valence-corrected chi connectivity index (χ0v) is 18.6. The molecule has 10 heteroatoms. The van der Waals surface area contributed by atoms with Gasteiger partial charge in [-0.05, 0) is 66.9 Å². The molecule has 0 bridgehead atoms. The lowest BCUT2D eigenvalue weighted by Crippen LogP contribution is -2.34. The van der Waals surface area contributed by atoms with Crippen molar-refractivity contribution in [1.29, 1.82) is 0 Å². The van der Waals surface area contributed by atoms with Crippen LogP contribution in [-0.2, 0) is 4.79 Å². The van der Waals surface area contributed by atoms with Gasteiger partial charge in [-0.1, -0.05) is 34.5 Å². The summed E-state index contributed by atoms with van der Waals surface area (Å²) in [6.45, 7) is 1.74. The van der Waals surface area contributed by atoms with E-state index < -0.39 is 5.91 Å². The summed E-state index contributed by atoms with van der Waals surface area (Å²) in [5.41, 5.74) is 1.67. The quantitative estimate of drug-likeness (QED) is 0.465. The van der Waals surface area contributed by atoms with Gasteiger partial charge in [-0.15, -0.1) is 0 Å². The van der Waals surface area contributed by atoms with Crippen molar-refractivity contribution in [1.82, 2.24) is 10.6 Å². The minimum Gasteiger partial charge on any atom is -0.332 e. The third kappa shape index (κ3) is 6.83. The predicted molar refractivity (Wildman–Crippen MR) is 124 cm³/mol. The van der Waals surface area contributed by atoms with Crippen LogP contribution in [-0.4, -0.2) is 22.0 Å². The first-order valence-corrected chi connectivity index (χ1v) is 10.1. The van der Waals surface area contributed by atoms with Gasteiger partial charge in [0.05, 0.1) is 10.6 Å². The van der Waals surface area contributed by atoms with Gasteiger partial charge >= 0.3 is 0 Å². The standard InChI is InChI=1S/C18H16BrClN4O2S2/c1-2-15(25)23-17(27)21-11-4-6-12(7-5-11)22-18(28)24-16(26)13-9-10(19)3-8-14(13)20/h3-9H,2H2,1H3,(H2,21,23,25,27)(H2,22,24,26,28). The third-order valence-corrected chi connectivity index (χ3v) is 4.61. The van der Waals surface area contributed by atoms with E-state index in [-0.39, 0.29) is 16.1 Å². The number of hydrogen-bond acceptors (Lipinski definition) is 4. The molecule has 0 saturated heterocycles. The van der Waals surface area contributed by atoms with Crippen LogP contribution in [0.4, 0.5) is 11.4 Å². The lowest BCUT2D eigenvalue weighted by atomic mass is 10.2. The van der Waals surface area contributed by atoms with Gasteiger partial charge < -0.3 is 16.0 Å². The van der Waals surface area contributed by atoms with Crippen LogP contribution >= 0.6 is 52.0 Å². The highest BCUT2D eigenvalue weighted by Gasteiger charge is 2.12. The fourth-order valence-electron chi connectivity index (χ4n) is 2.02. The zero-order valence-electron chi connectivity index (χ0n) is 14.6. The Morgan fingerprint density at radius 2 is 1.50 bits per heavy atom. The van der Waals surface area contributed by atoms with Gasteiger partial charge in [-0.3, -0.25) is 14.9 Å². The van der Waals surface area contributed by atoms with Gasteiger partial charge in [-0.2, -0.15) is 0 Å². The summed E-state index contributed by atoms with van der Waals surface area (Å²) in [5.74, 6) is -0.582. The second-order valence-corrected chi connectivity index (χ2v) is 7.60. The molecule has 0 aliphatic heterocycles. The first kappa shape index (κ1) is 22.2. The van der Waals surface area contributed by atoms with E-state index >= 15 is 0 Å². The second kappa shape index (κ2) is 10.5. The van der Waals surface area contributed by atoms with E-state index in [9.17, 15) is 9.59 Å². The molecule has 6 nitrogen and oxygen atoms in total. The fraction of sp³-hybridized carbons (Fsp3) is 0.111. The van der Waals surface area contributed by atoms with Crippen molar-refractivity contribution in [3.8, 4) is 0 Å². The molecule has 146 valence electrons. The Labute approximate surface area is 186 Å². The van der Waals surface area contributed by atoms with Gasteiger partial charge in [0.25, 0.3) is 5.91 Å². The number of carbonyl (C=O) groups excluding carboxylic acids is 2. The van der Waals surface area contributed by atoms with Crippen molar-refractivity contribution in [2.45, 2.75) is 13.3 Å². The van der Waals surface area contributed by atoms with E-state index in [1.54, 1.807) is 49.4 Å². The lowest BCUT2D eigenvalue weighted by Gasteiger charge is -2.12. The molecule has 0 fully saturated rings. The molecule has 4 N–H and O–H groups in total. The monoisotopic (exact) mass is 498 g/mol. The number of nitrogens with one attached hydrogen (secondary N) is 4. The summed E-state index contributed by atoms with van der Waals surface area (Å²) in [5, 5.41) is 11.6.